The molecule has 1 heterocycles. The number of fused-ring (bicyclic) bond motifs is 1. The fourth-order valence-corrected chi connectivity index (χ4v) is 2.27. The number of ether oxygens (including phenoxy) is 1. The number of halogens is 1. The van der Waals surface area contributed by atoms with E-state index in [0.717, 1.165) is 0 Å². The van der Waals surface area contributed by atoms with E-state index in [-0.39, 0.29) is 23.6 Å². The molecule has 0 aliphatic rings. The summed E-state index contributed by atoms with van der Waals surface area (Å²) in [6, 6.07) is 5.10. The number of hydrogen-bond donors (Lipinski definition) is 0. The van der Waals surface area contributed by atoms with E-state index in [1.165, 1.54) is 0 Å². The van der Waals surface area contributed by atoms with Crippen LogP contribution in [0.2, 0.25) is 5.02 Å². The summed E-state index contributed by atoms with van der Waals surface area (Å²) >= 11 is 5.99. The van der Waals surface area contributed by atoms with Crippen LogP contribution in [-0.4, -0.2) is 17.1 Å². The monoisotopic (exact) mass is 293 g/mol. The number of nitrogens with zero attached hydrogens (tertiary/aromatic N) is 1. The van der Waals surface area contributed by atoms with Gasteiger partial charge in [0.05, 0.1) is 12.1 Å². The maximum absolute atomic E-state index is 12.4. The van der Waals surface area contributed by atoms with E-state index >= 15 is 0 Å². The van der Waals surface area contributed by atoms with Gasteiger partial charge in [0.1, 0.15) is 5.56 Å². The van der Waals surface area contributed by atoms with Crippen LogP contribution in [0.25, 0.3) is 10.9 Å². The fourth-order valence-electron chi connectivity index (χ4n) is 2.10. The Morgan fingerprint density at radius 3 is 2.70 bits per heavy atom. The molecule has 2 aromatic rings. The minimum absolute atomic E-state index is 0.0513. The summed E-state index contributed by atoms with van der Waals surface area (Å²) in [6.07, 6.45) is 1.55. The lowest BCUT2D eigenvalue weighted by Gasteiger charge is -2.16. The number of hydrogen-bond acceptors (Lipinski definition) is 3. The third-order valence-electron chi connectivity index (χ3n) is 3.05. The number of carbonyl (C=O) groups is 1. The van der Waals surface area contributed by atoms with E-state index < -0.39 is 5.97 Å². The van der Waals surface area contributed by atoms with E-state index in [1.807, 2.05) is 18.4 Å². The lowest BCUT2D eigenvalue weighted by atomic mass is 10.1. The molecule has 1 aromatic heterocycles. The van der Waals surface area contributed by atoms with Gasteiger partial charge in [-0.15, -0.1) is 0 Å². The minimum atomic E-state index is -0.594. The van der Waals surface area contributed by atoms with Crippen LogP contribution in [0.15, 0.2) is 29.2 Å². The molecule has 0 fully saturated rings. The normalized spacial score (nSPS) is 11.1. The molecule has 0 aliphatic carbocycles. The Hall–Kier alpha value is -1.81. The van der Waals surface area contributed by atoms with Crippen LogP contribution in [0.5, 0.6) is 0 Å². The zero-order valence-electron chi connectivity index (χ0n) is 11.6. The molecule has 20 heavy (non-hydrogen) atoms. The maximum atomic E-state index is 12.4. The zero-order valence-corrected chi connectivity index (χ0v) is 12.4. The van der Waals surface area contributed by atoms with Gasteiger partial charge >= 0.3 is 5.97 Å². The van der Waals surface area contributed by atoms with Crippen molar-refractivity contribution in [2.45, 2.75) is 26.8 Å². The lowest BCUT2D eigenvalue weighted by Crippen LogP contribution is -2.21. The molecule has 0 aliphatic heterocycles. The van der Waals surface area contributed by atoms with Crippen molar-refractivity contribution in [3.05, 3.63) is 45.2 Å². The molecular weight excluding hydrogens is 278 g/mol. The predicted molar refractivity (Wildman–Crippen MR) is 79.6 cm³/mol. The zero-order chi connectivity index (χ0) is 14.9. The second-order valence-electron chi connectivity index (χ2n) is 4.75. The highest BCUT2D eigenvalue weighted by Crippen LogP contribution is 2.21. The SMILES string of the molecule is CCOC(=O)c1cn(C(C)C)c2cc(Cl)ccc2c1=O. The predicted octanol–water partition coefficient (Wildman–Crippen LogP) is 3.41. The van der Waals surface area contributed by atoms with Crippen LogP contribution >= 0.6 is 11.6 Å². The Morgan fingerprint density at radius 2 is 2.10 bits per heavy atom. The third-order valence-corrected chi connectivity index (χ3v) is 3.28. The molecule has 1 aromatic carbocycles. The first kappa shape index (κ1) is 14.6. The second-order valence-corrected chi connectivity index (χ2v) is 5.19. The van der Waals surface area contributed by atoms with Crippen molar-refractivity contribution in [3.63, 3.8) is 0 Å². The van der Waals surface area contributed by atoms with E-state index in [9.17, 15) is 9.59 Å². The van der Waals surface area contributed by atoms with Crippen LogP contribution in [0, 0.1) is 0 Å². The molecular formula is C15H16ClNO3. The van der Waals surface area contributed by atoms with Crippen LogP contribution in [0.3, 0.4) is 0 Å². The highest BCUT2D eigenvalue weighted by molar-refractivity contribution is 6.31. The van der Waals surface area contributed by atoms with Gasteiger partial charge in [-0.05, 0) is 39.0 Å². The highest BCUT2D eigenvalue weighted by atomic mass is 35.5. The number of rotatable bonds is 3. The Labute approximate surface area is 121 Å². The summed E-state index contributed by atoms with van der Waals surface area (Å²) in [5.74, 6) is -0.594. The molecule has 4 nitrogen and oxygen atoms in total. The number of esters is 1. The molecule has 106 valence electrons. The number of benzene rings is 1. The van der Waals surface area contributed by atoms with Gasteiger partial charge in [-0.1, -0.05) is 11.6 Å². The maximum Gasteiger partial charge on any atom is 0.343 e. The van der Waals surface area contributed by atoms with Crippen molar-refractivity contribution >= 4 is 28.5 Å². The van der Waals surface area contributed by atoms with E-state index in [4.69, 9.17) is 16.3 Å². The molecule has 2 rings (SSSR count). The standard InChI is InChI=1S/C15H16ClNO3/c1-4-20-15(19)12-8-17(9(2)3)13-7-10(16)5-6-11(13)14(12)18/h5-9H,4H2,1-3H3. The average molecular weight is 294 g/mol. The molecule has 0 unspecified atom stereocenters. The molecule has 0 saturated heterocycles. The molecule has 0 bridgehead atoms. The summed E-state index contributed by atoms with van der Waals surface area (Å²) in [4.78, 5) is 24.3. The Morgan fingerprint density at radius 1 is 1.40 bits per heavy atom. The molecule has 0 saturated carbocycles. The number of carbonyl (C=O) groups excluding carboxylic acids is 1. The van der Waals surface area contributed by atoms with Gasteiger partial charge in [0.2, 0.25) is 5.43 Å². The Kier molecular flexibility index (Phi) is 4.14. The Bertz CT molecular complexity index is 719. The van der Waals surface area contributed by atoms with Gasteiger partial charge in [-0.25, -0.2) is 4.79 Å². The first-order valence-electron chi connectivity index (χ1n) is 6.47. The topological polar surface area (TPSA) is 48.3 Å². The molecule has 5 heteroatoms. The van der Waals surface area contributed by atoms with E-state index in [1.54, 1.807) is 31.3 Å². The van der Waals surface area contributed by atoms with E-state index in [2.05, 4.69) is 0 Å². The van der Waals surface area contributed by atoms with Crippen LogP contribution in [0.1, 0.15) is 37.2 Å². The van der Waals surface area contributed by atoms with Gasteiger partial charge < -0.3 is 9.30 Å². The van der Waals surface area contributed by atoms with Gasteiger partial charge in [-0.2, -0.15) is 0 Å². The first-order valence-corrected chi connectivity index (χ1v) is 6.85. The second kappa shape index (κ2) is 5.67. The van der Waals surface area contributed by atoms with Crippen molar-refractivity contribution in [2.24, 2.45) is 0 Å². The van der Waals surface area contributed by atoms with Crippen molar-refractivity contribution in [1.29, 1.82) is 0 Å². The van der Waals surface area contributed by atoms with Crippen molar-refractivity contribution in [1.82, 2.24) is 4.57 Å². The summed E-state index contributed by atoms with van der Waals surface area (Å²) in [7, 11) is 0. The van der Waals surface area contributed by atoms with Gasteiger partial charge in [-0.3, -0.25) is 4.79 Å². The molecule has 0 amide bonds. The van der Waals surface area contributed by atoms with Gasteiger partial charge in [0.25, 0.3) is 0 Å². The summed E-state index contributed by atoms with van der Waals surface area (Å²) in [5, 5.41) is 1.02. The van der Waals surface area contributed by atoms with E-state index in [0.29, 0.717) is 15.9 Å². The molecule has 0 radical (unpaired) electrons. The van der Waals surface area contributed by atoms with Crippen LogP contribution < -0.4 is 5.43 Å². The lowest BCUT2D eigenvalue weighted by molar-refractivity contribution is 0.0524. The number of aromatic nitrogens is 1. The largest absolute Gasteiger partial charge is 0.462 e. The summed E-state index contributed by atoms with van der Waals surface area (Å²) < 4.78 is 6.79. The molecule has 0 atom stereocenters. The third kappa shape index (κ3) is 2.56. The minimum Gasteiger partial charge on any atom is -0.462 e. The van der Waals surface area contributed by atoms with Crippen LogP contribution in [-0.2, 0) is 4.74 Å². The summed E-state index contributed by atoms with van der Waals surface area (Å²) in [6.45, 7) is 5.89. The van der Waals surface area contributed by atoms with Gasteiger partial charge in [0.15, 0.2) is 0 Å². The van der Waals surface area contributed by atoms with Gasteiger partial charge in [0, 0.05) is 22.6 Å². The van der Waals surface area contributed by atoms with Crippen molar-refractivity contribution < 1.29 is 9.53 Å². The molecule has 0 N–H and O–H groups in total. The average Bonchev–Trinajstić information content (AvgIpc) is 2.38. The summed E-state index contributed by atoms with van der Waals surface area (Å²) in [5.41, 5.74) is 0.438. The Balaban J connectivity index is 2.80. The van der Waals surface area contributed by atoms with Crippen molar-refractivity contribution in [2.75, 3.05) is 6.61 Å². The fraction of sp³-hybridized carbons (Fsp3) is 0.333. The highest BCUT2D eigenvalue weighted by Gasteiger charge is 2.17. The van der Waals surface area contributed by atoms with Crippen molar-refractivity contribution in [3.8, 4) is 0 Å². The first-order chi connectivity index (χ1) is 9.45. The quantitative estimate of drug-likeness (QED) is 0.815. The molecule has 0 spiro atoms. The smallest absolute Gasteiger partial charge is 0.343 e. The number of pyridine rings is 1. The van der Waals surface area contributed by atoms with Crippen LogP contribution in [0.4, 0.5) is 0 Å².